The Bertz CT molecular complexity index is 1220. The summed E-state index contributed by atoms with van der Waals surface area (Å²) >= 11 is 2.37. The van der Waals surface area contributed by atoms with Crippen LogP contribution < -0.4 is 5.32 Å². The molecule has 2 fully saturated rings. The normalized spacial score (nSPS) is 23.6. The summed E-state index contributed by atoms with van der Waals surface area (Å²) in [7, 11) is 0. The molecular formula is C22H20N6O4S2. The summed E-state index contributed by atoms with van der Waals surface area (Å²) in [6.45, 7) is -0.00376. The third kappa shape index (κ3) is 4.14. The van der Waals surface area contributed by atoms with E-state index in [4.69, 9.17) is 0 Å². The lowest BCUT2D eigenvalue weighted by molar-refractivity contribution is -0.152. The summed E-state index contributed by atoms with van der Waals surface area (Å²) in [6, 6.07) is 17.8. The zero-order valence-electron chi connectivity index (χ0n) is 17.8. The number of hydrogen-bond acceptors (Lipinski definition) is 8. The Balaban J connectivity index is 1.28. The fourth-order valence-electron chi connectivity index (χ4n) is 3.94. The van der Waals surface area contributed by atoms with Gasteiger partial charge in [-0.3, -0.25) is 14.4 Å². The standard InChI is InChI=1S/C22H20N6O4S2/c29-16(11-14-7-3-1-4-8-14)23-17-18(30)27-12-22(20(31)32,13-33-19(17)27)34-21-24-25-26-28(21)15-9-5-2-6-10-15/h1-10,17,19H,11-13H2,(H,23,29)(H,31,32)/t17-,19-,22?/m1/s1. The fraction of sp³-hybridized carbons (Fsp3) is 0.273. The number of hydrogen-bond donors (Lipinski definition) is 2. The molecule has 12 heteroatoms. The molecule has 3 aromatic rings. The molecule has 2 aromatic carbocycles. The highest BCUT2D eigenvalue weighted by molar-refractivity contribution is 8.04. The summed E-state index contributed by atoms with van der Waals surface area (Å²) in [5.41, 5.74) is 1.57. The van der Waals surface area contributed by atoms with Crippen LogP contribution in [0.5, 0.6) is 0 Å². The van der Waals surface area contributed by atoms with E-state index in [0.29, 0.717) is 10.8 Å². The van der Waals surface area contributed by atoms with Gasteiger partial charge in [-0.15, -0.1) is 16.9 Å². The lowest BCUT2D eigenvalue weighted by Gasteiger charge is -2.53. The molecule has 0 spiro atoms. The maximum Gasteiger partial charge on any atom is 0.322 e. The van der Waals surface area contributed by atoms with E-state index < -0.39 is 16.8 Å². The minimum Gasteiger partial charge on any atom is -0.480 e. The van der Waals surface area contributed by atoms with Gasteiger partial charge in [-0.05, 0) is 28.1 Å². The van der Waals surface area contributed by atoms with Crippen LogP contribution in [0.4, 0.5) is 0 Å². The molecule has 0 radical (unpaired) electrons. The Labute approximate surface area is 203 Å². The third-order valence-electron chi connectivity index (χ3n) is 5.70. The number of carboxylic acid groups (broad SMARTS) is 1. The predicted octanol–water partition coefficient (Wildman–Crippen LogP) is 1.22. The SMILES string of the molecule is O=C(Cc1ccccc1)N[C@@H]1C(=O)N2CC(Sc3nnnn3-c3ccccc3)(C(=O)O)CS[C@H]12. The van der Waals surface area contributed by atoms with E-state index in [1.54, 1.807) is 0 Å². The van der Waals surface area contributed by atoms with Crippen molar-refractivity contribution in [2.75, 3.05) is 12.3 Å². The van der Waals surface area contributed by atoms with Crippen LogP contribution in [0.2, 0.25) is 0 Å². The first kappa shape index (κ1) is 22.4. The van der Waals surface area contributed by atoms with E-state index in [-0.39, 0.29) is 35.9 Å². The number of carbonyl (C=O) groups is 3. The van der Waals surface area contributed by atoms with Gasteiger partial charge in [-0.25, -0.2) is 0 Å². The molecule has 0 bridgehead atoms. The minimum atomic E-state index is -1.32. The van der Waals surface area contributed by atoms with Gasteiger partial charge in [-0.1, -0.05) is 60.3 Å². The van der Waals surface area contributed by atoms with E-state index in [1.165, 1.54) is 21.3 Å². The minimum absolute atomic E-state index is 0.00376. The smallest absolute Gasteiger partial charge is 0.322 e. The van der Waals surface area contributed by atoms with Gasteiger partial charge >= 0.3 is 5.97 Å². The number of fused-ring (bicyclic) bond motifs is 1. The molecule has 2 aliphatic heterocycles. The van der Waals surface area contributed by atoms with Crippen LogP contribution in [-0.4, -0.2) is 76.5 Å². The van der Waals surface area contributed by atoms with Crippen molar-refractivity contribution in [3.63, 3.8) is 0 Å². The van der Waals surface area contributed by atoms with Gasteiger partial charge in [0.1, 0.15) is 16.2 Å². The number of thioether (sulfide) groups is 2. The third-order valence-corrected chi connectivity index (χ3v) is 8.68. The van der Waals surface area contributed by atoms with Gasteiger partial charge in [0, 0.05) is 12.3 Å². The van der Waals surface area contributed by atoms with Crippen molar-refractivity contribution >= 4 is 41.3 Å². The molecule has 2 amide bonds. The van der Waals surface area contributed by atoms with Crippen LogP contribution >= 0.6 is 23.5 Å². The summed E-state index contributed by atoms with van der Waals surface area (Å²) < 4.78 is 0.160. The van der Waals surface area contributed by atoms with Crippen molar-refractivity contribution < 1.29 is 19.5 Å². The Morgan fingerprint density at radius 3 is 2.56 bits per heavy atom. The lowest BCUT2D eigenvalue weighted by Crippen LogP contribution is -2.74. The molecule has 2 aliphatic rings. The summed E-state index contributed by atoms with van der Waals surface area (Å²) in [6.07, 6.45) is 0.180. The first-order chi connectivity index (χ1) is 16.5. The number of para-hydroxylation sites is 1. The number of amides is 2. The van der Waals surface area contributed by atoms with Crippen molar-refractivity contribution in [2.24, 2.45) is 0 Å². The number of β-lactam (4-membered cyclic amide) rings is 1. The molecule has 2 saturated heterocycles. The summed E-state index contributed by atoms with van der Waals surface area (Å²) in [5.74, 6) is -1.34. The zero-order chi connectivity index (χ0) is 23.7. The lowest BCUT2D eigenvalue weighted by atomic mass is 10.0. The van der Waals surface area contributed by atoms with Crippen molar-refractivity contribution in [3.05, 3.63) is 66.2 Å². The van der Waals surface area contributed by atoms with Crippen molar-refractivity contribution in [1.82, 2.24) is 30.4 Å². The van der Waals surface area contributed by atoms with Gasteiger partial charge in [0.15, 0.2) is 0 Å². The van der Waals surface area contributed by atoms with E-state index in [0.717, 1.165) is 17.3 Å². The number of aliphatic carboxylic acids is 1. The molecule has 5 rings (SSSR count). The molecule has 3 heterocycles. The fourth-order valence-corrected chi connectivity index (χ4v) is 6.72. The van der Waals surface area contributed by atoms with E-state index in [9.17, 15) is 19.5 Å². The largest absolute Gasteiger partial charge is 0.480 e. The highest BCUT2D eigenvalue weighted by atomic mass is 32.2. The van der Waals surface area contributed by atoms with E-state index >= 15 is 0 Å². The number of benzene rings is 2. The Morgan fingerprint density at radius 1 is 1.15 bits per heavy atom. The van der Waals surface area contributed by atoms with Crippen LogP contribution in [-0.2, 0) is 20.8 Å². The van der Waals surface area contributed by atoms with Gasteiger partial charge in [0.2, 0.25) is 17.0 Å². The Hall–Kier alpha value is -3.38. The first-order valence-corrected chi connectivity index (χ1v) is 12.3. The first-order valence-electron chi connectivity index (χ1n) is 10.5. The molecule has 2 N–H and O–H groups in total. The maximum atomic E-state index is 12.8. The molecule has 3 atom stereocenters. The topological polar surface area (TPSA) is 130 Å². The van der Waals surface area contributed by atoms with E-state index in [1.807, 2.05) is 60.7 Å². The summed E-state index contributed by atoms with van der Waals surface area (Å²) in [5, 5.41) is 24.7. The molecule has 10 nitrogen and oxygen atoms in total. The quantitative estimate of drug-likeness (QED) is 0.464. The number of nitrogens with one attached hydrogen (secondary N) is 1. The van der Waals surface area contributed by atoms with Gasteiger partial charge in [0.25, 0.3) is 0 Å². The highest BCUT2D eigenvalue weighted by Crippen LogP contribution is 2.46. The van der Waals surface area contributed by atoms with Crippen LogP contribution in [0, 0.1) is 0 Å². The number of nitrogens with zero attached hydrogens (tertiary/aromatic N) is 5. The van der Waals surface area contributed by atoms with Crippen molar-refractivity contribution in [1.29, 1.82) is 0 Å². The number of aromatic nitrogens is 4. The maximum absolute atomic E-state index is 12.8. The average Bonchev–Trinajstić information content (AvgIpc) is 3.31. The highest BCUT2D eigenvalue weighted by Gasteiger charge is 2.58. The van der Waals surface area contributed by atoms with Crippen LogP contribution in [0.3, 0.4) is 0 Å². The van der Waals surface area contributed by atoms with Crippen LogP contribution in [0.25, 0.3) is 5.69 Å². The molecule has 34 heavy (non-hydrogen) atoms. The monoisotopic (exact) mass is 496 g/mol. The van der Waals surface area contributed by atoms with Gasteiger partial charge < -0.3 is 15.3 Å². The predicted molar refractivity (Wildman–Crippen MR) is 125 cm³/mol. The number of carbonyl (C=O) groups excluding carboxylic acids is 2. The number of carboxylic acids is 1. The molecule has 0 aliphatic carbocycles. The van der Waals surface area contributed by atoms with Gasteiger partial charge in [0.05, 0.1) is 12.1 Å². The van der Waals surface area contributed by atoms with Gasteiger partial charge in [-0.2, -0.15) is 4.68 Å². The molecule has 174 valence electrons. The van der Waals surface area contributed by atoms with Crippen LogP contribution in [0.1, 0.15) is 5.56 Å². The second-order valence-corrected chi connectivity index (χ2v) is 10.4. The average molecular weight is 497 g/mol. The molecule has 1 unspecified atom stereocenters. The molecule has 1 aromatic heterocycles. The molecule has 0 saturated carbocycles. The second kappa shape index (κ2) is 9.11. The van der Waals surface area contributed by atoms with Crippen molar-refractivity contribution in [2.45, 2.75) is 27.7 Å². The van der Waals surface area contributed by atoms with Crippen molar-refractivity contribution in [3.8, 4) is 5.69 Å². The Kier molecular flexibility index (Phi) is 6.00. The second-order valence-electron chi connectivity index (χ2n) is 7.99. The molecular weight excluding hydrogens is 476 g/mol. The number of rotatable bonds is 7. The van der Waals surface area contributed by atoms with Crippen LogP contribution in [0.15, 0.2) is 65.8 Å². The Morgan fingerprint density at radius 2 is 1.85 bits per heavy atom. The summed E-state index contributed by atoms with van der Waals surface area (Å²) in [4.78, 5) is 39.2. The zero-order valence-corrected chi connectivity index (χ0v) is 19.4. The number of tetrazole rings is 1. The van der Waals surface area contributed by atoms with E-state index in [2.05, 4.69) is 20.8 Å².